The van der Waals surface area contributed by atoms with Gasteiger partial charge >= 0.3 is 0 Å². The average molecular weight is 129 g/mol. The quantitative estimate of drug-likeness (QED) is 0.474. The van der Waals surface area contributed by atoms with E-state index in [0.717, 1.165) is 0 Å². The summed E-state index contributed by atoms with van der Waals surface area (Å²) in [6.45, 7) is 0. The minimum absolute atomic E-state index is 0.277. The molecule has 0 amide bonds. The number of aromatic nitrogens is 2. The molecule has 3 heteroatoms. The van der Waals surface area contributed by atoms with Crippen molar-refractivity contribution in [2.24, 2.45) is 0 Å². The summed E-state index contributed by atoms with van der Waals surface area (Å²) in [6.07, 6.45) is 5.01. The van der Waals surface area contributed by atoms with Crippen molar-refractivity contribution in [1.29, 1.82) is 5.26 Å². The van der Waals surface area contributed by atoms with E-state index in [4.69, 9.17) is 11.7 Å². The molecule has 0 N–H and O–H groups in total. The van der Waals surface area contributed by atoms with E-state index in [2.05, 4.69) is 16.1 Å². The zero-order valence-corrected chi connectivity index (χ0v) is 5.07. The fourth-order valence-electron chi connectivity index (χ4n) is 0.469. The van der Waals surface area contributed by atoms with E-state index in [1.165, 1.54) is 6.07 Å². The minimum Gasteiger partial charge on any atom is -0.191 e. The SMILES string of the molecule is C#Cc1ccc(C#N)nn1. The molecule has 0 atom stereocenters. The fourth-order valence-corrected chi connectivity index (χ4v) is 0.469. The molecule has 0 aliphatic carbocycles. The first-order chi connectivity index (χ1) is 4.86. The standard InChI is InChI=1S/C7H3N3/c1-2-6-3-4-7(5-8)10-9-6/h1,3-4H. The van der Waals surface area contributed by atoms with Gasteiger partial charge in [-0.2, -0.15) is 5.26 Å². The van der Waals surface area contributed by atoms with Crippen LogP contribution in [-0.2, 0) is 0 Å². The van der Waals surface area contributed by atoms with Gasteiger partial charge in [0, 0.05) is 0 Å². The highest BCUT2D eigenvalue weighted by atomic mass is 15.1. The number of rotatable bonds is 0. The monoisotopic (exact) mass is 129 g/mol. The molecule has 46 valence electrons. The second-order valence-corrected chi connectivity index (χ2v) is 1.56. The number of hydrogen-bond donors (Lipinski definition) is 0. The van der Waals surface area contributed by atoms with Gasteiger partial charge in [0.1, 0.15) is 11.8 Å². The molecule has 0 aromatic carbocycles. The summed E-state index contributed by atoms with van der Waals surface area (Å²) < 4.78 is 0. The second kappa shape index (κ2) is 2.61. The molecule has 0 radical (unpaired) electrons. The lowest BCUT2D eigenvalue weighted by atomic mass is 10.3. The number of terminal acetylenes is 1. The Morgan fingerprint density at radius 1 is 1.30 bits per heavy atom. The molecule has 1 rings (SSSR count). The average Bonchev–Trinajstić information content (AvgIpc) is 2.05. The molecule has 3 nitrogen and oxygen atoms in total. The summed E-state index contributed by atoms with van der Waals surface area (Å²) in [5.74, 6) is 2.30. The molecule has 1 heterocycles. The third kappa shape index (κ3) is 1.10. The third-order valence-corrected chi connectivity index (χ3v) is 0.927. The molecular weight excluding hydrogens is 126 g/mol. The lowest BCUT2D eigenvalue weighted by Gasteiger charge is -1.85. The lowest BCUT2D eigenvalue weighted by Crippen LogP contribution is -1.88. The van der Waals surface area contributed by atoms with Crippen molar-refractivity contribution in [3.8, 4) is 18.4 Å². The number of nitriles is 1. The molecule has 0 aliphatic rings. The Bertz CT molecular complexity index is 266. The molecule has 0 unspecified atom stereocenters. The van der Waals surface area contributed by atoms with Crippen LogP contribution in [0.5, 0.6) is 0 Å². The predicted molar refractivity (Wildman–Crippen MR) is 34.7 cm³/mol. The van der Waals surface area contributed by atoms with Crippen LogP contribution in [0.4, 0.5) is 0 Å². The molecule has 1 aromatic rings. The first kappa shape index (κ1) is 6.25. The Morgan fingerprint density at radius 2 is 1.90 bits per heavy atom. The molecule has 0 saturated carbocycles. The van der Waals surface area contributed by atoms with Gasteiger partial charge < -0.3 is 0 Å². The summed E-state index contributed by atoms with van der Waals surface area (Å²) in [4.78, 5) is 0. The molecule has 0 bridgehead atoms. The summed E-state index contributed by atoms with van der Waals surface area (Å²) in [7, 11) is 0. The van der Waals surface area contributed by atoms with Crippen molar-refractivity contribution < 1.29 is 0 Å². The number of nitrogens with zero attached hydrogens (tertiary/aromatic N) is 3. The zero-order chi connectivity index (χ0) is 7.40. The highest BCUT2D eigenvalue weighted by molar-refractivity contribution is 5.26. The van der Waals surface area contributed by atoms with Gasteiger partial charge in [-0.15, -0.1) is 16.6 Å². The van der Waals surface area contributed by atoms with Crippen LogP contribution in [0.1, 0.15) is 11.4 Å². The Balaban J connectivity index is 3.08. The van der Waals surface area contributed by atoms with Gasteiger partial charge in [-0.3, -0.25) is 0 Å². The van der Waals surface area contributed by atoms with Gasteiger partial charge in [-0.05, 0) is 18.1 Å². The van der Waals surface area contributed by atoms with Crippen LogP contribution in [-0.4, -0.2) is 10.2 Å². The van der Waals surface area contributed by atoms with Crippen LogP contribution in [0.25, 0.3) is 0 Å². The van der Waals surface area contributed by atoms with Gasteiger partial charge in [0.15, 0.2) is 5.69 Å². The Morgan fingerprint density at radius 3 is 2.30 bits per heavy atom. The topological polar surface area (TPSA) is 49.6 Å². The van der Waals surface area contributed by atoms with Crippen molar-refractivity contribution in [2.45, 2.75) is 0 Å². The minimum atomic E-state index is 0.277. The van der Waals surface area contributed by atoms with Crippen LogP contribution < -0.4 is 0 Å². The van der Waals surface area contributed by atoms with E-state index in [9.17, 15) is 0 Å². The molecule has 1 aromatic heterocycles. The summed E-state index contributed by atoms with van der Waals surface area (Å²) in [6, 6.07) is 4.94. The van der Waals surface area contributed by atoms with E-state index in [-0.39, 0.29) is 5.69 Å². The van der Waals surface area contributed by atoms with E-state index in [0.29, 0.717) is 5.69 Å². The van der Waals surface area contributed by atoms with Crippen LogP contribution in [0.2, 0.25) is 0 Å². The van der Waals surface area contributed by atoms with Crippen LogP contribution >= 0.6 is 0 Å². The van der Waals surface area contributed by atoms with E-state index in [1.807, 2.05) is 6.07 Å². The molecular formula is C7H3N3. The van der Waals surface area contributed by atoms with E-state index in [1.54, 1.807) is 6.07 Å². The summed E-state index contributed by atoms with van der Waals surface area (Å²) in [5.41, 5.74) is 0.720. The number of hydrogen-bond acceptors (Lipinski definition) is 3. The van der Waals surface area contributed by atoms with Crippen molar-refractivity contribution in [3.63, 3.8) is 0 Å². The maximum absolute atomic E-state index is 8.30. The second-order valence-electron chi connectivity index (χ2n) is 1.56. The zero-order valence-electron chi connectivity index (χ0n) is 5.07. The molecule has 0 spiro atoms. The van der Waals surface area contributed by atoms with Crippen molar-refractivity contribution in [2.75, 3.05) is 0 Å². The van der Waals surface area contributed by atoms with Gasteiger partial charge in [0.05, 0.1) is 0 Å². The molecule has 0 fully saturated rings. The maximum atomic E-state index is 8.30. The fraction of sp³-hybridized carbons (Fsp3) is 0. The van der Waals surface area contributed by atoms with Crippen molar-refractivity contribution >= 4 is 0 Å². The van der Waals surface area contributed by atoms with Crippen LogP contribution in [0.15, 0.2) is 12.1 Å². The molecule has 10 heavy (non-hydrogen) atoms. The van der Waals surface area contributed by atoms with Gasteiger partial charge in [0.25, 0.3) is 0 Å². The smallest absolute Gasteiger partial charge is 0.163 e. The largest absolute Gasteiger partial charge is 0.191 e. The lowest BCUT2D eigenvalue weighted by molar-refractivity contribution is 0.994. The molecule has 0 saturated heterocycles. The Kier molecular flexibility index (Phi) is 1.63. The Labute approximate surface area is 58.3 Å². The highest BCUT2D eigenvalue weighted by Crippen LogP contribution is 1.91. The first-order valence-electron chi connectivity index (χ1n) is 2.57. The highest BCUT2D eigenvalue weighted by Gasteiger charge is 1.90. The van der Waals surface area contributed by atoms with E-state index >= 15 is 0 Å². The van der Waals surface area contributed by atoms with Crippen molar-refractivity contribution in [3.05, 3.63) is 23.5 Å². The van der Waals surface area contributed by atoms with Gasteiger partial charge in [0.2, 0.25) is 0 Å². The predicted octanol–water partition coefficient (Wildman–Crippen LogP) is 0.330. The third-order valence-electron chi connectivity index (χ3n) is 0.927. The normalized spacial score (nSPS) is 7.80. The van der Waals surface area contributed by atoms with Gasteiger partial charge in [-0.25, -0.2) is 0 Å². The Hall–Kier alpha value is -1.87. The first-order valence-corrected chi connectivity index (χ1v) is 2.57. The van der Waals surface area contributed by atoms with E-state index < -0.39 is 0 Å². The van der Waals surface area contributed by atoms with Crippen molar-refractivity contribution in [1.82, 2.24) is 10.2 Å². The van der Waals surface area contributed by atoms with Crippen LogP contribution in [0.3, 0.4) is 0 Å². The van der Waals surface area contributed by atoms with Crippen LogP contribution in [0, 0.1) is 23.7 Å². The summed E-state index contributed by atoms with van der Waals surface area (Å²) in [5, 5.41) is 15.4. The molecule has 0 aliphatic heterocycles. The van der Waals surface area contributed by atoms with Gasteiger partial charge in [-0.1, -0.05) is 0 Å². The summed E-state index contributed by atoms with van der Waals surface area (Å²) >= 11 is 0. The maximum Gasteiger partial charge on any atom is 0.163 e.